The number of ether oxygens (including phenoxy) is 4. The summed E-state index contributed by atoms with van der Waals surface area (Å²) in [7, 11) is 4.96. The zero-order chi connectivity index (χ0) is 22.6. The lowest BCUT2D eigenvalue weighted by Gasteiger charge is -2.41. The molecule has 0 radical (unpaired) electrons. The maximum atomic E-state index is 6.19. The van der Waals surface area contributed by atoms with Gasteiger partial charge >= 0.3 is 0 Å². The molecule has 7 heteroatoms. The molecule has 0 spiro atoms. The predicted molar refractivity (Wildman–Crippen MR) is 127 cm³/mol. The van der Waals surface area contributed by atoms with Gasteiger partial charge in [0.2, 0.25) is 0 Å². The van der Waals surface area contributed by atoms with Crippen molar-refractivity contribution in [3.63, 3.8) is 0 Å². The Morgan fingerprint density at radius 2 is 1.61 bits per heavy atom. The molecule has 0 unspecified atom stereocenters. The summed E-state index contributed by atoms with van der Waals surface area (Å²) in [4.78, 5) is 2.21. The Morgan fingerprint density at radius 3 is 2.19 bits per heavy atom. The van der Waals surface area contributed by atoms with E-state index in [1.54, 1.807) is 21.3 Å². The molecule has 0 saturated carbocycles. The summed E-state index contributed by atoms with van der Waals surface area (Å²) in [5.41, 5.74) is 2.22. The Labute approximate surface area is 190 Å². The van der Waals surface area contributed by atoms with Crippen LogP contribution in [0.2, 0.25) is 0 Å². The highest BCUT2D eigenvalue weighted by molar-refractivity contribution is 7.80. The second kappa shape index (κ2) is 9.64. The van der Waals surface area contributed by atoms with Crippen molar-refractivity contribution < 1.29 is 18.9 Å². The lowest BCUT2D eigenvalue weighted by Crippen LogP contribution is -2.52. The quantitative estimate of drug-likeness (QED) is 0.664. The van der Waals surface area contributed by atoms with E-state index in [1.165, 1.54) is 5.56 Å². The molecule has 168 valence electrons. The number of methoxy groups -OCH3 is 3. The van der Waals surface area contributed by atoms with E-state index in [9.17, 15) is 0 Å². The maximum Gasteiger partial charge on any atom is 0.169 e. The second-order valence-electron chi connectivity index (χ2n) is 8.53. The summed E-state index contributed by atoms with van der Waals surface area (Å²) >= 11 is 5.79. The summed E-state index contributed by atoms with van der Waals surface area (Å²) in [6.07, 6.45) is 0.862. The van der Waals surface area contributed by atoms with Crippen molar-refractivity contribution in [1.82, 2.24) is 10.2 Å². The van der Waals surface area contributed by atoms with Gasteiger partial charge in [0.1, 0.15) is 18.1 Å². The molecule has 0 aliphatic carbocycles. The van der Waals surface area contributed by atoms with E-state index in [-0.39, 0.29) is 11.6 Å². The number of rotatable bonds is 6. The van der Waals surface area contributed by atoms with Crippen molar-refractivity contribution in [2.24, 2.45) is 0 Å². The maximum absolute atomic E-state index is 6.19. The topological polar surface area (TPSA) is 52.2 Å². The Kier molecular flexibility index (Phi) is 7.15. The zero-order valence-corrected chi connectivity index (χ0v) is 20.0. The van der Waals surface area contributed by atoms with Crippen LogP contribution in [0.15, 0.2) is 36.4 Å². The van der Waals surface area contributed by atoms with Gasteiger partial charge < -0.3 is 29.2 Å². The molecular weight excluding hydrogens is 412 g/mol. The van der Waals surface area contributed by atoms with Crippen LogP contribution in [0.5, 0.6) is 23.0 Å². The summed E-state index contributed by atoms with van der Waals surface area (Å²) in [5, 5.41) is 4.16. The summed E-state index contributed by atoms with van der Waals surface area (Å²) < 4.78 is 22.5. The summed E-state index contributed by atoms with van der Waals surface area (Å²) in [6, 6.07) is 11.6. The van der Waals surface area contributed by atoms with Crippen LogP contribution < -0.4 is 24.3 Å². The number of hydrogen-bond acceptors (Lipinski definition) is 5. The van der Waals surface area contributed by atoms with Gasteiger partial charge in [0.05, 0.1) is 27.4 Å². The highest BCUT2D eigenvalue weighted by Gasteiger charge is 2.32. The molecule has 3 rings (SSSR count). The number of nitrogens with zero attached hydrogens (tertiary/aromatic N) is 1. The van der Waals surface area contributed by atoms with Crippen LogP contribution in [0.25, 0.3) is 0 Å². The Bertz CT molecular complexity index is 909. The fourth-order valence-corrected chi connectivity index (χ4v) is 4.22. The number of fused-ring (bicyclic) bond motifs is 1. The van der Waals surface area contributed by atoms with Gasteiger partial charge in [-0.1, -0.05) is 0 Å². The molecule has 1 heterocycles. The smallest absolute Gasteiger partial charge is 0.169 e. The molecule has 1 N–H and O–H groups in total. The minimum Gasteiger partial charge on any atom is -0.497 e. The Morgan fingerprint density at radius 1 is 1.00 bits per heavy atom. The van der Waals surface area contributed by atoms with E-state index in [2.05, 4.69) is 37.1 Å². The van der Waals surface area contributed by atoms with Crippen molar-refractivity contribution in [3.05, 3.63) is 47.5 Å². The second-order valence-corrected chi connectivity index (χ2v) is 8.92. The van der Waals surface area contributed by atoms with Gasteiger partial charge in [-0.2, -0.15) is 0 Å². The largest absolute Gasteiger partial charge is 0.497 e. The van der Waals surface area contributed by atoms with E-state index in [0.29, 0.717) is 12.4 Å². The standard InChI is InChI=1S/C24H32N2O4S/c1-24(2,3)25-23(31)26-12-11-16-13-21(28-5)22(29-6)14-19(16)20(26)15-30-18-9-7-17(27-4)8-10-18/h7-10,13-14,20H,11-12,15H2,1-6H3,(H,25,31)/t20-/m1/s1. The number of hydrogen-bond donors (Lipinski definition) is 1. The minimum atomic E-state index is -0.129. The first kappa shape index (κ1) is 23.0. The molecule has 2 aromatic rings. The molecule has 2 aromatic carbocycles. The lowest BCUT2D eigenvalue weighted by atomic mass is 9.92. The van der Waals surface area contributed by atoms with Gasteiger partial charge in [0.15, 0.2) is 16.6 Å². The average molecular weight is 445 g/mol. The normalized spacial score (nSPS) is 15.7. The van der Waals surface area contributed by atoms with Crippen LogP contribution in [-0.2, 0) is 6.42 Å². The van der Waals surface area contributed by atoms with Gasteiger partial charge in [-0.15, -0.1) is 0 Å². The van der Waals surface area contributed by atoms with Crippen molar-refractivity contribution in [2.45, 2.75) is 38.8 Å². The third-order valence-corrected chi connectivity index (χ3v) is 5.55. The predicted octanol–water partition coefficient (Wildman–Crippen LogP) is 4.36. The van der Waals surface area contributed by atoms with Crippen molar-refractivity contribution in [3.8, 4) is 23.0 Å². The van der Waals surface area contributed by atoms with E-state index >= 15 is 0 Å². The average Bonchev–Trinajstić information content (AvgIpc) is 2.75. The SMILES string of the molecule is COc1ccc(OC[C@@H]2c3cc(OC)c(OC)cc3CCN2C(=S)NC(C)(C)C)cc1. The van der Waals surface area contributed by atoms with Crippen molar-refractivity contribution >= 4 is 17.3 Å². The molecule has 1 atom stereocenters. The first-order chi connectivity index (χ1) is 14.8. The van der Waals surface area contributed by atoms with Crippen LogP contribution in [0.4, 0.5) is 0 Å². The zero-order valence-electron chi connectivity index (χ0n) is 19.2. The van der Waals surface area contributed by atoms with Gasteiger partial charge in [0, 0.05) is 12.1 Å². The number of thiocarbonyl (C=S) groups is 1. The molecule has 0 bridgehead atoms. The van der Waals surface area contributed by atoms with E-state index in [0.717, 1.165) is 40.9 Å². The van der Waals surface area contributed by atoms with Gasteiger partial charge in [-0.3, -0.25) is 0 Å². The third-order valence-electron chi connectivity index (χ3n) is 5.21. The number of benzene rings is 2. The summed E-state index contributed by atoms with van der Waals surface area (Å²) in [6.45, 7) is 7.55. The molecule has 1 aliphatic heterocycles. The van der Waals surface area contributed by atoms with Gasteiger partial charge in [-0.25, -0.2) is 0 Å². The van der Waals surface area contributed by atoms with Crippen LogP contribution >= 0.6 is 12.2 Å². The number of nitrogens with one attached hydrogen (secondary N) is 1. The first-order valence-corrected chi connectivity index (χ1v) is 10.8. The fraction of sp³-hybridized carbons (Fsp3) is 0.458. The molecule has 0 aromatic heterocycles. The van der Waals surface area contributed by atoms with Crippen molar-refractivity contribution in [1.29, 1.82) is 0 Å². The van der Waals surface area contributed by atoms with Crippen LogP contribution in [0.3, 0.4) is 0 Å². The molecule has 1 aliphatic rings. The van der Waals surface area contributed by atoms with Crippen LogP contribution in [0.1, 0.15) is 37.9 Å². The minimum absolute atomic E-state index is 0.0620. The molecule has 0 fully saturated rings. The van der Waals surface area contributed by atoms with Crippen LogP contribution in [0, 0.1) is 0 Å². The molecular formula is C24H32N2O4S. The highest BCUT2D eigenvalue weighted by atomic mass is 32.1. The Balaban J connectivity index is 1.92. The van der Waals surface area contributed by atoms with Gasteiger partial charge in [-0.05, 0) is 86.9 Å². The van der Waals surface area contributed by atoms with Crippen molar-refractivity contribution in [2.75, 3.05) is 34.5 Å². The van der Waals surface area contributed by atoms with E-state index in [1.807, 2.05) is 30.3 Å². The highest BCUT2D eigenvalue weighted by Crippen LogP contribution is 2.38. The molecule has 0 saturated heterocycles. The fourth-order valence-electron chi connectivity index (χ4n) is 3.69. The Hall–Kier alpha value is -2.67. The van der Waals surface area contributed by atoms with E-state index < -0.39 is 0 Å². The third kappa shape index (κ3) is 5.53. The molecule has 6 nitrogen and oxygen atoms in total. The lowest BCUT2D eigenvalue weighted by molar-refractivity contribution is 0.184. The molecule has 31 heavy (non-hydrogen) atoms. The monoisotopic (exact) mass is 444 g/mol. The van der Waals surface area contributed by atoms with Gasteiger partial charge in [0.25, 0.3) is 0 Å². The van der Waals surface area contributed by atoms with E-state index in [4.69, 9.17) is 31.2 Å². The molecule has 0 amide bonds. The van der Waals surface area contributed by atoms with Crippen LogP contribution in [-0.4, -0.2) is 50.0 Å². The first-order valence-electron chi connectivity index (χ1n) is 10.4. The summed E-state index contributed by atoms with van der Waals surface area (Å²) in [5.74, 6) is 3.01.